The van der Waals surface area contributed by atoms with E-state index in [0.29, 0.717) is 16.7 Å². The molecule has 2 aromatic rings. The number of amides is 1. The molecule has 0 aromatic heterocycles. The zero-order valence-corrected chi connectivity index (χ0v) is 19.3. The second-order valence-electron chi connectivity index (χ2n) is 7.65. The molecule has 0 aliphatic carbocycles. The Balaban J connectivity index is 2.13. The molecular formula is C22H28F2N2O4S. The van der Waals surface area contributed by atoms with Crippen molar-refractivity contribution in [3.05, 3.63) is 58.1 Å². The van der Waals surface area contributed by atoms with Crippen LogP contribution < -0.4 is 9.46 Å². The van der Waals surface area contributed by atoms with Crippen LogP contribution in [0.25, 0.3) is 0 Å². The van der Waals surface area contributed by atoms with Gasteiger partial charge in [-0.15, -0.1) is 0 Å². The summed E-state index contributed by atoms with van der Waals surface area (Å²) in [6.45, 7) is 5.95. The molecule has 0 spiro atoms. The van der Waals surface area contributed by atoms with Crippen LogP contribution in [0.3, 0.4) is 0 Å². The molecule has 0 bridgehead atoms. The number of aryl methyl sites for hydroxylation is 2. The highest BCUT2D eigenvalue weighted by Crippen LogP contribution is 2.26. The molecule has 2 rings (SSSR count). The van der Waals surface area contributed by atoms with Crippen molar-refractivity contribution < 1.29 is 26.7 Å². The number of carbonyl (C=O) groups is 1. The molecule has 170 valence electrons. The maximum Gasteiger partial charge on any atom is 0.387 e. The minimum atomic E-state index is -3.92. The third-order valence-electron chi connectivity index (χ3n) is 5.21. The lowest BCUT2D eigenvalue weighted by molar-refractivity contribution is -0.131. The first-order chi connectivity index (χ1) is 14.3. The molecule has 0 aliphatic rings. The SMILES string of the molecule is Cc1cc(C)c(C)c(S(=O)(=O)N[C@@H](C)C(=O)N(C)Cc2ccc(OC(F)F)cc2)c1C. The van der Waals surface area contributed by atoms with E-state index in [9.17, 15) is 22.0 Å². The van der Waals surface area contributed by atoms with Crippen molar-refractivity contribution in [3.63, 3.8) is 0 Å². The summed E-state index contributed by atoms with van der Waals surface area (Å²) < 4.78 is 57.4. The van der Waals surface area contributed by atoms with Gasteiger partial charge >= 0.3 is 6.61 Å². The molecular weight excluding hydrogens is 426 g/mol. The van der Waals surface area contributed by atoms with Gasteiger partial charge in [-0.2, -0.15) is 13.5 Å². The number of nitrogens with one attached hydrogen (secondary N) is 1. The van der Waals surface area contributed by atoms with Crippen molar-refractivity contribution in [2.24, 2.45) is 0 Å². The van der Waals surface area contributed by atoms with Gasteiger partial charge in [-0.1, -0.05) is 18.2 Å². The fourth-order valence-electron chi connectivity index (χ4n) is 3.38. The maximum atomic E-state index is 13.0. The van der Waals surface area contributed by atoms with Crippen molar-refractivity contribution in [3.8, 4) is 5.75 Å². The predicted molar refractivity (Wildman–Crippen MR) is 115 cm³/mol. The lowest BCUT2D eigenvalue weighted by Crippen LogP contribution is -2.45. The quantitative estimate of drug-likeness (QED) is 0.658. The summed E-state index contributed by atoms with van der Waals surface area (Å²) >= 11 is 0. The van der Waals surface area contributed by atoms with E-state index in [0.717, 1.165) is 11.1 Å². The third-order valence-corrected chi connectivity index (χ3v) is 7.03. The Morgan fingerprint density at radius 3 is 2.06 bits per heavy atom. The summed E-state index contributed by atoms with van der Waals surface area (Å²) in [5, 5.41) is 0. The molecule has 0 fully saturated rings. The van der Waals surface area contributed by atoms with Crippen LogP contribution in [-0.4, -0.2) is 38.9 Å². The first kappa shape index (κ1) is 24.7. The Labute approximate surface area is 182 Å². The number of alkyl halides is 2. The first-order valence-corrected chi connectivity index (χ1v) is 11.2. The zero-order valence-electron chi connectivity index (χ0n) is 18.5. The molecule has 1 N–H and O–H groups in total. The molecule has 31 heavy (non-hydrogen) atoms. The van der Waals surface area contributed by atoms with Crippen LogP contribution in [-0.2, 0) is 21.4 Å². The van der Waals surface area contributed by atoms with Gasteiger partial charge in [0.25, 0.3) is 0 Å². The molecule has 0 aliphatic heterocycles. The van der Waals surface area contributed by atoms with E-state index < -0.39 is 28.6 Å². The van der Waals surface area contributed by atoms with E-state index in [1.54, 1.807) is 33.0 Å². The van der Waals surface area contributed by atoms with E-state index in [4.69, 9.17) is 0 Å². The molecule has 0 saturated heterocycles. The molecule has 0 heterocycles. The number of hydrogen-bond acceptors (Lipinski definition) is 4. The van der Waals surface area contributed by atoms with Gasteiger partial charge in [0.05, 0.1) is 10.9 Å². The highest BCUT2D eigenvalue weighted by Gasteiger charge is 2.28. The van der Waals surface area contributed by atoms with Crippen molar-refractivity contribution in [2.45, 2.75) is 58.7 Å². The highest BCUT2D eigenvalue weighted by atomic mass is 32.2. The molecule has 1 amide bonds. The van der Waals surface area contributed by atoms with Crippen LogP contribution in [0, 0.1) is 27.7 Å². The monoisotopic (exact) mass is 454 g/mol. The fraction of sp³-hybridized carbons (Fsp3) is 0.409. The molecule has 2 aromatic carbocycles. The van der Waals surface area contributed by atoms with Crippen molar-refractivity contribution in [1.82, 2.24) is 9.62 Å². The number of sulfonamides is 1. The number of nitrogens with zero attached hydrogens (tertiary/aromatic N) is 1. The Morgan fingerprint density at radius 1 is 1.06 bits per heavy atom. The minimum absolute atomic E-state index is 0.0213. The topological polar surface area (TPSA) is 75.7 Å². The summed E-state index contributed by atoms with van der Waals surface area (Å²) in [5.41, 5.74) is 3.70. The van der Waals surface area contributed by atoms with Gasteiger partial charge in [-0.3, -0.25) is 4.79 Å². The van der Waals surface area contributed by atoms with E-state index >= 15 is 0 Å². The number of ether oxygens (including phenoxy) is 1. The summed E-state index contributed by atoms with van der Waals surface area (Å²) in [6.07, 6.45) is 0. The smallest absolute Gasteiger partial charge is 0.387 e. The summed E-state index contributed by atoms with van der Waals surface area (Å²) in [5.74, 6) is -0.399. The summed E-state index contributed by atoms with van der Waals surface area (Å²) in [7, 11) is -2.37. The largest absolute Gasteiger partial charge is 0.435 e. The average Bonchev–Trinajstić information content (AvgIpc) is 2.66. The van der Waals surface area contributed by atoms with Crippen LogP contribution in [0.5, 0.6) is 5.75 Å². The van der Waals surface area contributed by atoms with Gasteiger partial charge in [-0.25, -0.2) is 8.42 Å². The fourth-order valence-corrected chi connectivity index (χ4v) is 5.20. The first-order valence-electron chi connectivity index (χ1n) is 9.72. The predicted octanol–water partition coefficient (Wildman–Crippen LogP) is 3.85. The molecule has 9 heteroatoms. The highest BCUT2D eigenvalue weighted by molar-refractivity contribution is 7.89. The average molecular weight is 455 g/mol. The lowest BCUT2D eigenvalue weighted by Gasteiger charge is -2.23. The Kier molecular flexibility index (Phi) is 7.77. The number of halogens is 2. The molecule has 0 unspecified atom stereocenters. The van der Waals surface area contributed by atoms with Crippen LogP contribution >= 0.6 is 0 Å². The van der Waals surface area contributed by atoms with E-state index in [-0.39, 0.29) is 17.2 Å². The van der Waals surface area contributed by atoms with E-state index in [1.165, 1.54) is 24.0 Å². The van der Waals surface area contributed by atoms with E-state index in [2.05, 4.69) is 9.46 Å². The Hall–Kier alpha value is -2.52. The summed E-state index contributed by atoms with van der Waals surface area (Å²) in [4.78, 5) is 14.3. The second kappa shape index (κ2) is 9.74. The Morgan fingerprint density at radius 2 is 1.58 bits per heavy atom. The van der Waals surface area contributed by atoms with Gasteiger partial charge in [-0.05, 0) is 74.6 Å². The van der Waals surface area contributed by atoms with Gasteiger partial charge in [0.15, 0.2) is 0 Å². The lowest BCUT2D eigenvalue weighted by atomic mass is 10.0. The van der Waals surface area contributed by atoms with Crippen LogP contribution in [0.4, 0.5) is 8.78 Å². The zero-order chi connectivity index (χ0) is 23.5. The number of benzene rings is 2. The normalized spacial score (nSPS) is 12.7. The Bertz CT molecular complexity index is 1030. The number of hydrogen-bond donors (Lipinski definition) is 1. The standard InChI is InChI=1S/C22H28F2N2O4S/c1-13-11-14(2)16(4)20(15(13)3)31(28,29)25-17(5)21(27)26(6)12-18-7-9-19(10-8-18)30-22(23)24/h7-11,17,22,25H,12H2,1-6H3/t17-/m0/s1. The number of likely N-dealkylation sites (N-methyl/N-ethyl adjacent to an activating group) is 1. The number of rotatable bonds is 8. The third kappa shape index (κ3) is 6.01. The van der Waals surface area contributed by atoms with Crippen molar-refractivity contribution >= 4 is 15.9 Å². The molecule has 1 atom stereocenters. The van der Waals surface area contributed by atoms with Crippen LogP contribution in [0.15, 0.2) is 35.2 Å². The van der Waals surface area contributed by atoms with Crippen LogP contribution in [0.1, 0.15) is 34.7 Å². The van der Waals surface area contributed by atoms with Gasteiger partial charge in [0.2, 0.25) is 15.9 Å². The maximum absolute atomic E-state index is 13.0. The van der Waals surface area contributed by atoms with Gasteiger partial charge in [0.1, 0.15) is 5.75 Å². The van der Waals surface area contributed by atoms with E-state index in [1.807, 2.05) is 19.9 Å². The molecule has 6 nitrogen and oxygen atoms in total. The minimum Gasteiger partial charge on any atom is -0.435 e. The van der Waals surface area contributed by atoms with Gasteiger partial charge < -0.3 is 9.64 Å². The summed E-state index contributed by atoms with van der Waals surface area (Å²) in [6, 6.07) is 6.85. The van der Waals surface area contributed by atoms with Crippen molar-refractivity contribution in [2.75, 3.05) is 7.05 Å². The van der Waals surface area contributed by atoms with Crippen molar-refractivity contribution in [1.29, 1.82) is 0 Å². The number of carbonyl (C=O) groups excluding carboxylic acids is 1. The molecule has 0 saturated carbocycles. The second-order valence-corrected chi connectivity index (χ2v) is 9.30. The molecule has 0 radical (unpaired) electrons. The van der Waals surface area contributed by atoms with Crippen LogP contribution in [0.2, 0.25) is 0 Å². The van der Waals surface area contributed by atoms with Gasteiger partial charge in [0, 0.05) is 13.6 Å².